The van der Waals surface area contributed by atoms with Crippen LogP contribution in [0.1, 0.15) is 43.2 Å². The molecule has 1 aliphatic carbocycles. The third-order valence-electron chi connectivity index (χ3n) is 5.54. The molecule has 1 aromatic carbocycles. The van der Waals surface area contributed by atoms with Gasteiger partial charge in [0, 0.05) is 6.54 Å². The first-order chi connectivity index (χ1) is 15.0. The maximum absolute atomic E-state index is 13.3. The third kappa shape index (κ3) is 5.10. The summed E-state index contributed by atoms with van der Waals surface area (Å²) in [6.07, 6.45) is 8.07. The van der Waals surface area contributed by atoms with Crippen molar-refractivity contribution in [2.45, 2.75) is 51.1 Å². The zero-order chi connectivity index (χ0) is 21.8. The maximum atomic E-state index is 13.3. The van der Waals surface area contributed by atoms with Gasteiger partial charge in [-0.25, -0.2) is 4.98 Å². The number of nitrogens with zero attached hydrogens (tertiary/aromatic N) is 2. The van der Waals surface area contributed by atoms with E-state index in [1.807, 2.05) is 43.5 Å². The number of carbonyl (C=O) groups is 1. The van der Waals surface area contributed by atoms with E-state index in [1.54, 1.807) is 4.57 Å². The summed E-state index contributed by atoms with van der Waals surface area (Å²) in [4.78, 5) is 30.5. The highest BCUT2D eigenvalue weighted by molar-refractivity contribution is 7.99. The Hall–Kier alpha value is -2.38. The van der Waals surface area contributed by atoms with E-state index in [-0.39, 0.29) is 17.2 Å². The van der Waals surface area contributed by atoms with Gasteiger partial charge in [-0.3, -0.25) is 14.2 Å². The number of carbonyl (C=O) groups excluding carboxylic acids is 1. The van der Waals surface area contributed by atoms with Crippen molar-refractivity contribution in [1.82, 2.24) is 14.9 Å². The first kappa shape index (κ1) is 21.8. The molecule has 2 aromatic heterocycles. The summed E-state index contributed by atoms with van der Waals surface area (Å²) in [7, 11) is 0. The Morgan fingerprint density at radius 3 is 2.94 bits per heavy atom. The van der Waals surface area contributed by atoms with Gasteiger partial charge in [0.15, 0.2) is 5.16 Å². The van der Waals surface area contributed by atoms with E-state index in [2.05, 4.69) is 11.4 Å². The van der Waals surface area contributed by atoms with Crippen molar-refractivity contribution < 1.29 is 4.79 Å². The van der Waals surface area contributed by atoms with Gasteiger partial charge in [0.2, 0.25) is 5.91 Å². The molecule has 0 spiro atoms. The average Bonchev–Trinajstić information content (AvgIpc) is 3.24. The number of fused-ring (bicyclic) bond motifs is 1. The van der Waals surface area contributed by atoms with Crippen LogP contribution in [-0.2, 0) is 4.79 Å². The molecule has 0 atom stereocenters. The van der Waals surface area contributed by atoms with Crippen molar-refractivity contribution in [3.05, 3.63) is 62.8 Å². The van der Waals surface area contributed by atoms with Gasteiger partial charge >= 0.3 is 0 Å². The lowest BCUT2D eigenvalue weighted by molar-refractivity contribution is -0.118. The van der Waals surface area contributed by atoms with Gasteiger partial charge in [0.05, 0.1) is 17.0 Å². The molecule has 1 aliphatic rings. The lowest BCUT2D eigenvalue weighted by Gasteiger charge is -2.15. The molecule has 1 N–H and O–H groups in total. The third-order valence-corrected chi connectivity index (χ3v) is 7.37. The van der Waals surface area contributed by atoms with E-state index < -0.39 is 0 Å². The number of thioether (sulfide) groups is 1. The minimum Gasteiger partial charge on any atom is -0.355 e. The molecular formula is C24H27N3O2S2. The highest BCUT2D eigenvalue weighted by atomic mass is 32.2. The fraction of sp³-hybridized carbons (Fsp3) is 0.375. The second-order valence-electron chi connectivity index (χ2n) is 7.96. The van der Waals surface area contributed by atoms with Crippen molar-refractivity contribution in [1.29, 1.82) is 0 Å². The van der Waals surface area contributed by atoms with Crippen LogP contribution in [0.2, 0.25) is 0 Å². The molecule has 0 unspecified atom stereocenters. The van der Waals surface area contributed by atoms with E-state index in [0.29, 0.717) is 21.9 Å². The lowest BCUT2D eigenvalue weighted by Crippen LogP contribution is -2.27. The summed E-state index contributed by atoms with van der Waals surface area (Å²) in [5.41, 5.74) is 4.94. The molecule has 2 heterocycles. The first-order valence-electron chi connectivity index (χ1n) is 10.7. The fourth-order valence-corrected chi connectivity index (χ4v) is 5.43. The Kier molecular flexibility index (Phi) is 6.92. The summed E-state index contributed by atoms with van der Waals surface area (Å²) in [5, 5.41) is 5.45. The average molecular weight is 454 g/mol. The Morgan fingerprint density at radius 1 is 1.26 bits per heavy atom. The quantitative estimate of drug-likeness (QED) is 0.305. The zero-order valence-corrected chi connectivity index (χ0v) is 19.6. The summed E-state index contributed by atoms with van der Waals surface area (Å²) >= 11 is 2.71. The SMILES string of the molecule is Cc1ccc(C)c(-n2c(SCC(=O)NCCC3=CCCCC3)nc3ccsc3c2=O)c1. The standard InChI is InChI=1S/C24H27N3O2S2/c1-16-8-9-17(2)20(14-16)27-23(29)22-19(11-13-30-22)26-24(27)31-15-21(28)25-12-10-18-6-4-3-5-7-18/h6,8-9,11,13-14H,3-5,7,10,12,15H2,1-2H3,(H,25,28). The van der Waals surface area contributed by atoms with Crippen molar-refractivity contribution in [2.75, 3.05) is 12.3 Å². The minimum atomic E-state index is -0.0826. The summed E-state index contributed by atoms with van der Waals surface area (Å²) < 4.78 is 2.29. The van der Waals surface area contributed by atoms with E-state index >= 15 is 0 Å². The van der Waals surface area contributed by atoms with Gasteiger partial charge in [0.25, 0.3) is 5.56 Å². The molecule has 0 radical (unpaired) electrons. The molecule has 0 aliphatic heterocycles. The van der Waals surface area contributed by atoms with Crippen LogP contribution in [0.5, 0.6) is 0 Å². The molecule has 0 saturated carbocycles. The monoisotopic (exact) mass is 453 g/mol. The van der Waals surface area contributed by atoms with Gasteiger partial charge in [-0.15, -0.1) is 11.3 Å². The second-order valence-corrected chi connectivity index (χ2v) is 9.82. The van der Waals surface area contributed by atoms with Crippen LogP contribution in [-0.4, -0.2) is 27.8 Å². The lowest BCUT2D eigenvalue weighted by atomic mass is 9.97. The summed E-state index contributed by atoms with van der Waals surface area (Å²) in [6.45, 7) is 4.65. The number of benzene rings is 1. The molecule has 1 amide bonds. The maximum Gasteiger partial charge on any atom is 0.276 e. The highest BCUT2D eigenvalue weighted by Gasteiger charge is 2.17. The number of aryl methyl sites for hydroxylation is 2. The number of hydrogen-bond donors (Lipinski definition) is 1. The number of nitrogens with one attached hydrogen (secondary N) is 1. The molecule has 4 rings (SSSR count). The first-order valence-corrected chi connectivity index (χ1v) is 12.5. The van der Waals surface area contributed by atoms with Gasteiger partial charge in [-0.1, -0.05) is 35.5 Å². The number of allylic oxidation sites excluding steroid dienone is 1. The minimum absolute atomic E-state index is 0.0337. The van der Waals surface area contributed by atoms with Gasteiger partial charge < -0.3 is 5.32 Å². The molecule has 0 bridgehead atoms. The van der Waals surface area contributed by atoms with Crippen molar-refractivity contribution >= 4 is 39.2 Å². The van der Waals surface area contributed by atoms with Gasteiger partial charge in [0.1, 0.15) is 4.70 Å². The smallest absolute Gasteiger partial charge is 0.276 e. The van der Waals surface area contributed by atoms with E-state index in [9.17, 15) is 9.59 Å². The van der Waals surface area contributed by atoms with Crippen molar-refractivity contribution in [3.63, 3.8) is 0 Å². The fourth-order valence-electron chi connectivity index (χ4n) is 3.84. The Labute approximate surface area is 190 Å². The van der Waals surface area contributed by atoms with Crippen LogP contribution in [0, 0.1) is 13.8 Å². The van der Waals surface area contributed by atoms with Crippen LogP contribution in [0.4, 0.5) is 0 Å². The normalized spacial score (nSPS) is 13.9. The van der Waals surface area contributed by atoms with Crippen LogP contribution in [0.3, 0.4) is 0 Å². The molecule has 31 heavy (non-hydrogen) atoms. The molecule has 5 nitrogen and oxygen atoms in total. The number of hydrogen-bond acceptors (Lipinski definition) is 5. The molecule has 0 fully saturated rings. The number of aromatic nitrogens is 2. The largest absolute Gasteiger partial charge is 0.355 e. The summed E-state index contributed by atoms with van der Waals surface area (Å²) in [5.74, 6) is 0.194. The van der Waals surface area contributed by atoms with Gasteiger partial charge in [-0.05, 0) is 74.6 Å². The number of amides is 1. The number of rotatable bonds is 7. The van der Waals surface area contributed by atoms with E-state index in [0.717, 1.165) is 36.1 Å². The molecule has 162 valence electrons. The molecule has 0 saturated heterocycles. The van der Waals surface area contributed by atoms with E-state index in [4.69, 9.17) is 4.98 Å². The van der Waals surface area contributed by atoms with Crippen LogP contribution in [0.15, 0.2) is 51.2 Å². The molecule has 3 aromatic rings. The predicted octanol–water partition coefficient (Wildman–Crippen LogP) is 5.16. The predicted molar refractivity (Wildman–Crippen MR) is 130 cm³/mol. The number of thiophene rings is 1. The zero-order valence-electron chi connectivity index (χ0n) is 17.9. The Morgan fingerprint density at radius 2 is 2.13 bits per heavy atom. The van der Waals surface area contributed by atoms with E-state index in [1.165, 1.54) is 41.5 Å². The van der Waals surface area contributed by atoms with Crippen LogP contribution >= 0.6 is 23.1 Å². The second kappa shape index (κ2) is 9.83. The molecular weight excluding hydrogens is 426 g/mol. The highest BCUT2D eigenvalue weighted by Crippen LogP contribution is 2.25. The van der Waals surface area contributed by atoms with Crippen molar-refractivity contribution in [2.24, 2.45) is 0 Å². The van der Waals surface area contributed by atoms with Crippen molar-refractivity contribution in [3.8, 4) is 5.69 Å². The Bertz CT molecular complexity index is 1190. The van der Waals surface area contributed by atoms with Crippen LogP contribution in [0.25, 0.3) is 15.9 Å². The summed E-state index contributed by atoms with van der Waals surface area (Å²) in [6, 6.07) is 7.90. The van der Waals surface area contributed by atoms with Gasteiger partial charge in [-0.2, -0.15) is 0 Å². The Balaban J connectivity index is 1.53. The van der Waals surface area contributed by atoms with Crippen LogP contribution < -0.4 is 10.9 Å². The molecule has 7 heteroatoms. The topological polar surface area (TPSA) is 64.0 Å².